The molecule has 2 N–H and O–H groups in total. The van der Waals surface area contributed by atoms with E-state index in [0.717, 1.165) is 24.6 Å². The summed E-state index contributed by atoms with van der Waals surface area (Å²) >= 11 is 0. The van der Waals surface area contributed by atoms with Crippen molar-refractivity contribution in [2.45, 2.75) is 20.0 Å². The van der Waals surface area contributed by atoms with Gasteiger partial charge in [0.15, 0.2) is 5.76 Å². The van der Waals surface area contributed by atoms with Gasteiger partial charge < -0.3 is 14.5 Å². The summed E-state index contributed by atoms with van der Waals surface area (Å²) in [5.41, 5.74) is 1.27. The molecule has 0 saturated heterocycles. The molecule has 0 saturated carbocycles. The van der Waals surface area contributed by atoms with Crippen LogP contribution in [0.3, 0.4) is 0 Å². The number of furan rings is 1. The maximum Gasteiger partial charge on any atom is 0.157 e. The zero-order valence-electron chi connectivity index (χ0n) is 10.1. The van der Waals surface area contributed by atoms with Gasteiger partial charge >= 0.3 is 0 Å². The molecule has 90 valence electrons. The van der Waals surface area contributed by atoms with Gasteiger partial charge in [-0.15, -0.1) is 0 Å². The first-order valence-electron chi connectivity index (χ1n) is 5.94. The van der Waals surface area contributed by atoms with E-state index in [1.165, 1.54) is 5.56 Å². The third kappa shape index (κ3) is 3.64. The maximum atomic E-state index is 5.47. The highest BCUT2D eigenvalue weighted by Gasteiger charge is 2.00. The van der Waals surface area contributed by atoms with Crippen LogP contribution in [0.5, 0.6) is 5.75 Å². The quantitative estimate of drug-likeness (QED) is 0.826. The van der Waals surface area contributed by atoms with Crippen molar-refractivity contribution in [1.82, 2.24) is 0 Å². The van der Waals surface area contributed by atoms with Crippen LogP contribution in [0.4, 0.5) is 0 Å². The molecule has 0 unspecified atom stereocenters. The predicted octanol–water partition coefficient (Wildman–Crippen LogP) is 1.94. The first-order valence-corrected chi connectivity index (χ1v) is 5.94. The van der Waals surface area contributed by atoms with Crippen molar-refractivity contribution in [3.8, 4) is 5.75 Å². The molecular weight excluding hydrogens is 214 g/mol. The van der Waals surface area contributed by atoms with Gasteiger partial charge in [-0.25, -0.2) is 0 Å². The van der Waals surface area contributed by atoms with Gasteiger partial charge in [-0.1, -0.05) is 12.1 Å². The van der Waals surface area contributed by atoms with Gasteiger partial charge in [0.1, 0.15) is 18.8 Å². The molecule has 0 bridgehead atoms. The van der Waals surface area contributed by atoms with Crippen molar-refractivity contribution in [2.24, 2.45) is 0 Å². The SMILES string of the molecule is CCOc1cccc(C[NH2+]Cc2ccco2)c1. The largest absolute Gasteiger partial charge is 0.494 e. The molecular formula is C14H18NO2+. The summed E-state index contributed by atoms with van der Waals surface area (Å²) in [4.78, 5) is 0. The Morgan fingerprint density at radius 3 is 2.88 bits per heavy atom. The zero-order valence-corrected chi connectivity index (χ0v) is 10.1. The van der Waals surface area contributed by atoms with Gasteiger partial charge in [-0.2, -0.15) is 0 Å². The third-order valence-corrected chi connectivity index (χ3v) is 2.52. The molecule has 1 heterocycles. The minimum atomic E-state index is 0.708. The highest BCUT2D eigenvalue weighted by Crippen LogP contribution is 2.12. The topological polar surface area (TPSA) is 39.0 Å². The Kier molecular flexibility index (Phi) is 4.22. The van der Waals surface area contributed by atoms with E-state index in [1.54, 1.807) is 6.26 Å². The average molecular weight is 232 g/mol. The number of hydrogen-bond donors (Lipinski definition) is 1. The molecule has 0 aliphatic carbocycles. The maximum absolute atomic E-state index is 5.47. The molecule has 1 aromatic heterocycles. The molecule has 0 fully saturated rings. The minimum Gasteiger partial charge on any atom is -0.494 e. The van der Waals surface area contributed by atoms with Crippen LogP contribution in [-0.4, -0.2) is 6.61 Å². The molecule has 2 rings (SSSR count). The number of ether oxygens (including phenoxy) is 1. The van der Waals surface area contributed by atoms with Gasteiger partial charge in [-0.05, 0) is 31.2 Å². The lowest BCUT2D eigenvalue weighted by Gasteiger charge is -2.05. The van der Waals surface area contributed by atoms with Crippen LogP contribution in [0.2, 0.25) is 0 Å². The molecule has 0 spiro atoms. The molecule has 0 atom stereocenters. The van der Waals surface area contributed by atoms with Gasteiger partial charge in [0.2, 0.25) is 0 Å². The normalized spacial score (nSPS) is 10.4. The average Bonchev–Trinajstić information content (AvgIpc) is 2.83. The molecule has 1 aromatic carbocycles. The minimum absolute atomic E-state index is 0.708. The van der Waals surface area contributed by atoms with E-state index in [1.807, 2.05) is 31.2 Å². The Labute approximate surface area is 101 Å². The van der Waals surface area contributed by atoms with Crippen molar-refractivity contribution < 1.29 is 14.5 Å². The monoisotopic (exact) mass is 232 g/mol. The number of quaternary nitrogens is 1. The molecule has 17 heavy (non-hydrogen) atoms. The Morgan fingerprint density at radius 2 is 2.12 bits per heavy atom. The third-order valence-electron chi connectivity index (χ3n) is 2.52. The Balaban J connectivity index is 1.84. The Hall–Kier alpha value is -1.74. The molecule has 0 aliphatic heterocycles. The van der Waals surface area contributed by atoms with Gasteiger partial charge in [0.25, 0.3) is 0 Å². The van der Waals surface area contributed by atoms with E-state index < -0.39 is 0 Å². The van der Waals surface area contributed by atoms with Crippen LogP contribution in [-0.2, 0) is 13.1 Å². The second kappa shape index (κ2) is 6.11. The molecule has 3 nitrogen and oxygen atoms in total. The smallest absolute Gasteiger partial charge is 0.157 e. The van der Waals surface area contributed by atoms with Gasteiger partial charge in [0, 0.05) is 5.56 Å². The van der Waals surface area contributed by atoms with Crippen LogP contribution in [0, 0.1) is 0 Å². The Morgan fingerprint density at radius 1 is 1.18 bits per heavy atom. The summed E-state index contributed by atoms with van der Waals surface area (Å²) in [6, 6.07) is 12.1. The van der Waals surface area contributed by atoms with E-state index in [0.29, 0.717) is 6.61 Å². The van der Waals surface area contributed by atoms with Gasteiger partial charge in [-0.3, -0.25) is 0 Å². The molecule has 3 heteroatoms. The summed E-state index contributed by atoms with van der Waals surface area (Å²) in [7, 11) is 0. The lowest BCUT2D eigenvalue weighted by molar-refractivity contribution is -0.688. The first kappa shape index (κ1) is 11.7. The van der Waals surface area contributed by atoms with Crippen molar-refractivity contribution in [3.05, 3.63) is 54.0 Å². The van der Waals surface area contributed by atoms with E-state index in [-0.39, 0.29) is 0 Å². The summed E-state index contributed by atoms with van der Waals surface area (Å²) in [5, 5.41) is 2.21. The van der Waals surface area contributed by atoms with Crippen molar-refractivity contribution >= 4 is 0 Å². The molecule has 0 amide bonds. The molecule has 2 aromatic rings. The summed E-state index contributed by atoms with van der Waals surface area (Å²) in [6.07, 6.45) is 1.71. The second-order valence-corrected chi connectivity index (χ2v) is 3.86. The second-order valence-electron chi connectivity index (χ2n) is 3.86. The van der Waals surface area contributed by atoms with E-state index in [4.69, 9.17) is 9.15 Å². The van der Waals surface area contributed by atoms with Crippen molar-refractivity contribution in [2.75, 3.05) is 6.61 Å². The van der Waals surface area contributed by atoms with E-state index >= 15 is 0 Å². The highest BCUT2D eigenvalue weighted by molar-refractivity contribution is 5.27. The lowest BCUT2D eigenvalue weighted by Crippen LogP contribution is -2.80. The predicted molar refractivity (Wildman–Crippen MR) is 65.7 cm³/mol. The number of hydrogen-bond acceptors (Lipinski definition) is 2. The van der Waals surface area contributed by atoms with E-state index in [2.05, 4.69) is 17.4 Å². The number of nitrogens with two attached hydrogens (primary N) is 1. The summed E-state index contributed by atoms with van der Waals surface area (Å²) in [6.45, 7) is 4.50. The Bertz CT molecular complexity index is 437. The standard InChI is InChI=1S/C14H17NO2/c1-2-16-13-6-3-5-12(9-13)10-15-11-14-7-4-8-17-14/h3-9,15H,2,10-11H2,1H3/p+1. The number of rotatable bonds is 6. The molecule has 0 aliphatic rings. The van der Waals surface area contributed by atoms with Crippen LogP contribution in [0.25, 0.3) is 0 Å². The first-order chi connectivity index (χ1) is 8.38. The molecule has 0 radical (unpaired) electrons. The lowest BCUT2D eigenvalue weighted by atomic mass is 10.2. The van der Waals surface area contributed by atoms with Crippen molar-refractivity contribution in [3.63, 3.8) is 0 Å². The van der Waals surface area contributed by atoms with Crippen LogP contribution >= 0.6 is 0 Å². The fraction of sp³-hybridized carbons (Fsp3) is 0.286. The summed E-state index contributed by atoms with van der Waals surface area (Å²) < 4.78 is 10.7. The zero-order chi connectivity index (χ0) is 11.9. The van der Waals surface area contributed by atoms with E-state index in [9.17, 15) is 0 Å². The van der Waals surface area contributed by atoms with Gasteiger partial charge in [0.05, 0.1) is 12.9 Å². The summed E-state index contributed by atoms with van der Waals surface area (Å²) in [5.74, 6) is 1.95. The highest BCUT2D eigenvalue weighted by atomic mass is 16.5. The fourth-order valence-electron chi connectivity index (χ4n) is 1.74. The van der Waals surface area contributed by atoms with Crippen LogP contribution < -0.4 is 10.1 Å². The van der Waals surface area contributed by atoms with Crippen LogP contribution in [0.15, 0.2) is 47.1 Å². The number of benzene rings is 1. The fourth-order valence-corrected chi connectivity index (χ4v) is 1.74. The van der Waals surface area contributed by atoms with Crippen LogP contribution in [0.1, 0.15) is 18.2 Å². The van der Waals surface area contributed by atoms with Crippen molar-refractivity contribution in [1.29, 1.82) is 0 Å².